The number of hydrogen-bond donors (Lipinski definition) is 0. The van der Waals surface area contributed by atoms with Crippen molar-refractivity contribution in [3.63, 3.8) is 0 Å². The monoisotopic (exact) mass is 749 g/mol. The van der Waals surface area contributed by atoms with E-state index in [2.05, 4.69) is 241 Å². The summed E-state index contributed by atoms with van der Waals surface area (Å²) in [5.41, 5.74) is 12.8. The van der Waals surface area contributed by atoms with E-state index in [9.17, 15) is 0 Å². The molecule has 0 saturated carbocycles. The molecule has 1 heteroatoms. The Morgan fingerprint density at radius 1 is 0.220 bits per heavy atom. The number of benzene rings is 11. The van der Waals surface area contributed by atoms with Crippen LogP contribution in [0.15, 0.2) is 237 Å². The van der Waals surface area contributed by atoms with Crippen LogP contribution < -0.4 is 4.90 Å². The van der Waals surface area contributed by atoms with Gasteiger partial charge in [0.2, 0.25) is 0 Å². The van der Waals surface area contributed by atoms with Crippen LogP contribution in [0, 0.1) is 0 Å². The van der Waals surface area contributed by atoms with Crippen molar-refractivity contribution in [1.82, 2.24) is 0 Å². The summed E-state index contributed by atoms with van der Waals surface area (Å²) >= 11 is 0. The summed E-state index contributed by atoms with van der Waals surface area (Å²) in [6, 6.07) is 86.5. The first-order chi connectivity index (χ1) is 29.2. The minimum atomic E-state index is 1.09. The van der Waals surface area contributed by atoms with Gasteiger partial charge >= 0.3 is 0 Å². The lowest BCUT2D eigenvalue weighted by molar-refractivity contribution is 1.28. The van der Waals surface area contributed by atoms with Crippen LogP contribution in [0.2, 0.25) is 0 Å². The lowest BCUT2D eigenvalue weighted by atomic mass is 9.94. The van der Waals surface area contributed by atoms with E-state index >= 15 is 0 Å². The van der Waals surface area contributed by atoms with Crippen LogP contribution in [0.25, 0.3) is 87.6 Å². The minimum Gasteiger partial charge on any atom is -0.310 e. The van der Waals surface area contributed by atoms with Gasteiger partial charge in [-0.2, -0.15) is 0 Å². The summed E-state index contributed by atoms with van der Waals surface area (Å²) in [4.78, 5) is 2.43. The number of anilines is 3. The Balaban J connectivity index is 1.08. The molecule has 276 valence electrons. The molecule has 59 heavy (non-hydrogen) atoms. The van der Waals surface area contributed by atoms with Crippen molar-refractivity contribution < 1.29 is 0 Å². The Morgan fingerprint density at radius 3 is 1.32 bits per heavy atom. The summed E-state index contributed by atoms with van der Waals surface area (Å²) in [7, 11) is 0. The fourth-order valence-corrected chi connectivity index (χ4v) is 8.72. The summed E-state index contributed by atoms with van der Waals surface area (Å²) in [6.45, 7) is 0. The Kier molecular flexibility index (Phi) is 8.56. The standard InChI is InChI=1S/C58H39N/c1-2-10-40(11-3-1)43-24-30-53(31-25-43)59(54-32-26-44(27-33-54)48-28-34-56-51(38-48)23-20-45-14-8-9-17-55(45)56)58-39-50(49-21-18-41-12-4-6-15-46(41)36-49)29-35-57(58)52-22-19-42-13-5-7-16-47(42)37-52/h1-39H. The van der Waals surface area contributed by atoms with Crippen LogP contribution in [-0.2, 0) is 0 Å². The highest BCUT2D eigenvalue weighted by Crippen LogP contribution is 2.44. The van der Waals surface area contributed by atoms with E-state index < -0.39 is 0 Å². The third kappa shape index (κ3) is 6.49. The highest BCUT2D eigenvalue weighted by atomic mass is 15.1. The summed E-state index contributed by atoms with van der Waals surface area (Å²) < 4.78 is 0. The van der Waals surface area contributed by atoms with E-state index in [1.54, 1.807) is 0 Å². The highest BCUT2D eigenvalue weighted by molar-refractivity contribution is 6.08. The smallest absolute Gasteiger partial charge is 0.0546 e. The van der Waals surface area contributed by atoms with E-state index in [4.69, 9.17) is 0 Å². The molecule has 0 saturated heterocycles. The summed E-state index contributed by atoms with van der Waals surface area (Å²) in [5.74, 6) is 0. The topological polar surface area (TPSA) is 3.24 Å². The van der Waals surface area contributed by atoms with Crippen LogP contribution in [0.3, 0.4) is 0 Å². The van der Waals surface area contributed by atoms with E-state index in [1.165, 1.54) is 87.6 Å². The van der Waals surface area contributed by atoms with Gasteiger partial charge in [-0.1, -0.05) is 188 Å². The SMILES string of the molecule is c1ccc(-c2ccc(N(c3ccc(-c4ccc5c(ccc6ccccc65)c4)cc3)c3cc(-c4ccc5ccccc5c4)ccc3-c3ccc4ccccc4c3)cc2)cc1. The third-order valence-electron chi connectivity index (χ3n) is 11.8. The third-order valence-corrected chi connectivity index (χ3v) is 11.8. The van der Waals surface area contributed by atoms with Crippen LogP contribution in [0.4, 0.5) is 17.1 Å². The Hall–Kier alpha value is -7.74. The number of rotatable bonds is 7. The van der Waals surface area contributed by atoms with Gasteiger partial charge in [0.15, 0.2) is 0 Å². The second-order valence-electron chi connectivity index (χ2n) is 15.4. The van der Waals surface area contributed by atoms with Gasteiger partial charge in [-0.15, -0.1) is 0 Å². The molecule has 0 heterocycles. The lowest BCUT2D eigenvalue weighted by Gasteiger charge is -2.29. The summed E-state index contributed by atoms with van der Waals surface area (Å²) in [6.07, 6.45) is 0. The van der Waals surface area contributed by atoms with Gasteiger partial charge in [0.1, 0.15) is 0 Å². The van der Waals surface area contributed by atoms with Gasteiger partial charge < -0.3 is 4.90 Å². The van der Waals surface area contributed by atoms with Crippen LogP contribution in [0.1, 0.15) is 0 Å². The van der Waals surface area contributed by atoms with Crippen LogP contribution in [0.5, 0.6) is 0 Å². The molecule has 0 amide bonds. The zero-order valence-corrected chi connectivity index (χ0v) is 32.5. The molecule has 11 rings (SSSR count). The molecule has 0 aliphatic heterocycles. The molecule has 0 atom stereocenters. The number of hydrogen-bond acceptors (Lipinski definition) is 1. The van der Waals surface area contributed by atoms with Crippen LogP contribution >= 0.6 is 0 Å². The largest absolute Gasteiger partial charge is 0.310 e. The van der Waals surface area contributed by atoms with Gasteiger partial charge in [0.05, 0.1) is 5.69 Å². The molecular formula is C58H39N. The van der Waals surface area contributed by atoms with Crippen molar-refractivity contribution in [2.45, 2.75) is 0 Å². The second kappa shape index (κ2) is 14.6. The molecule has 0 aliphatic rings. The molecule has 11 aromatic rings. The molecular weight excluding hydrogens is 711 g/mol. The molecule has 1 nitrogen and oxygen atoms in total. The van der Waals surface area contributed by atoms with Gasteiger partial charge in [0.25, 0.3) is 0 Å². The van der Waals surface area contributed by atoms with Gasteiger partial charge in [-0.3, -0.25) is 0 Å². The Morgan fingerprint density at radius 2 is 0.627 bits per heavy atom. The summed E-state index contributed by atoms with van der Waals surface area (Å²) in [5, 5.41) is 10.0. The van der Waals surface area contributed by atoms with E-state index in [1.807, 2.05) is 0 Å². The van der Waals surface area contributed by atoms with Crippen molar-refractivity contribution >= 4 is 60.2 Å². The zero-order chi connectivity index (χ0) is 39.1. The average Bonchev–Trinajstić information content (AvgIpc) is 3.32. The van der Waals surface area contributed by atoms with E-state index in [0.29, 0.717) is 0 Å². The second-order valence-corrected chi connectivity index (χ2v) is 15.4. The highest BCUT2D eigenvalue weighted by Gasteiger charge is 2.20. The van der Waals surface area contributed by atoms with Crippen molar-refractivity contribution in [2.75, 3.05) is 4.90 Å². The van der Waals surface area contributed by atoms with Crippen molar-refractivity contribution in [2.24, 2.45) is 0 Å². The van der Waals surface area contributed by atoms with Crippen molar-refractivity contribution in [1.29, 1.82) is 0 Å². The first-order valence-electron chi connectivity index (χ1n) is 20.3. The maximum absolute atomic E-state index is 2.43. The minimum absolute atomic E-state index is 1.09. The molecule has 0 aliphatic carbocycles. The van der Waals surface area contributed by atoms with Crippen molar-refractivity contribution in [3.8, 4) is 44.5 Å². The molecule has 0 N–H and O–H groups in total. The maximum Gasteiger partial charge on any atom is 0.0546 e. The molecule has 0 bridgehead atoms. The maximum atomic E-state index is 2.43. The lowest BCUT2D eigenvalue weighted by Crippen LogP contribution is -2.11. The predicted molar refractivity (Wildman–Crippen MR) is 253 cm³/mol. The Labute approximate surface area is 344 Å². The predicted octanol–water partition coefficient (Wildman–Crippen LogP) is 16.4. The van der Waals surface area contributed by atoms with Crippen LogP contribution in [-0.4, -0.2) is 0 Å². The van der Waals surface area contributed by atoms with E-state index in [-0.39, 0.29) is 0 Å². The molecule has 0 spiro atoms. The quantitative estimate of drug-likeness (QED) is 0.147. The first-order valence-corrected chi connectivity index (χ1v) is 20.3. The zero-order valence-electron chi connectivity index (χ0n) is 32.5. The molecule has 0 radical (unpaired) electrons. The van der Waals surface area contributed by atoms with Gasteiger partial charge in [0, 0.05) is 16.9 Å². The van der Waals surface area contributed by atoms with Crippen molar-refractivity contribution in [3.05, 3.63) is 237 Å². The number of nitrogens with zero attached hydrogens (tertiary/aromatic N) is 1. The fraction of sp³-hybridized carbons (Fsp3) is 0. The molecule has 0 unspecified atom stereocenters. The molecule has 0 aromatic heterocycles. The first kappa shape index (κ1) is 34.5. The van der Waals surface area contributed by atoms with Gasteiger partial charge in [-0.25, -0.2) is 0 Å². The fourth-order valence-electron chi connectivity index (χ4n) is 8.72. The average molecular weight is 750 g/mol. The number of fused-ring (bicyclic) bond motifs is 5. The van der Waals surface area contributed by atoms with E-state index in [0.717, 1.165) is 17.1 Å². The molecule has 0 fully saturated rings. The molecule has 11 aromatic carbocycles. The normalized spacial score (nSPS) is 11.4. The van der Waals surface area contributed by atoms with Gasteiger partial charge in [-0.05, 0) is 131 Å². The Bertz CT molecular complexity index is 3310.